The first-order valence-corrected chi connectivity index (χ1v) is 5.54. The molecule has 0 aromatic rings. The Balaban J connectivity index is 2.09. The maximum atomic E-state index is 8.51. The average molecular weight is 202 g/mol. The van der Waals surface area contributed by atoms with Gasteiger partial charge in [-0.15, -0.1) is 0 Å². The highest BCUT2D eigenvalue weighted by Gasteiger charge is 2.40. The highest BCUT2D eigenvalue weighted by atomic mass is 16.5. The second kappa shape index (κ2) is 5.69. The highest BCUT2D eigenvalue weighted by molar-refractivity contribution is 4.92. The quantitative estimate of drug-likeness (QED) is 0.637. The Kier molecular flexibility index (Phi) is 4.85. The first kappa shape index (κ1) is 12.0. The van der Waals surface area contributed by atoms with Gasteiger partial charge < -0.3 is 14.6 Å². The van der Waals surface area contributed by atoms with Gasteiger partial charge in [-0.05, 0) is 25.2 Å². The van der Waals surface area contributed by atoms with E-state index in [0.717, 1.165) is 0 Å². The fraction of sp³-hybridized carbons (Fsp3) is 1.00. The average Bonchev–Trinajstić information content (AvgIpc) is 2.07. The highest BCUT2D eigenvalue weighted by Crippen LogP contribution is 2.41. The van der Waals surface area contributed by atoms with Crippen molar-refractivity contribution in [2.45, 2.75) is 38.7 Å². The molecule has 0 heterocycles. The van der Waals surface area contributed by atoms with Gasteiger partial charge >= 0.3 is 0 Å². The number of aliphatic hydroxyl groups is 1. The molecule has 0 bridgehead atoms. The summed E-state index contributed by atoms with van der Waals surface area (Å²) in [5, 5.41) is 8.51. The smallest absolute Gasteiger partial charge is 0.0708 e. The van der Waals surface area contributed by atoms with Crippen LogP contribution in [0.1, 0.15) is 33.1 Å². The number of ether oxygens (including phenoxy) is 2. The zero-order valence-corrected chi connectivity index (χ0v) is 9.29. The summed E-state index contributed by atoms with van der Waals surface area (Å²) in [4.78, 5) is 0. The van der Waals surface area contributed by atoms with E-state index in [-0.39, 0.29) is 12.2 Å². The minimum absolute atomic E-state index is 0.0926. The Hall–Kier alpha value is -0.120. The summed E-state index contributed by atoms with van der Waals surface area (Å²) in [6.07, 6.45) is 3.66. The summed E-state index contributed by atoms with van der Waals surface area (Å²) < 4.78 is 11.0. The number of hydrogen-bond donors (Lipinski definition) is 1. The minimum Gasteiger partial charge on any atom is -0.394 e. The summed E-state index contributed by atoms with van der Waals surface area (Å²) >= 11 is 0. The van der Waals surface area contributed by atoms with Crippen molar-refractivity contribution in [3.8, 4) is 0 Å². The van der Waals surface area contributed by atoms with Gasteiger partial charge in [0.2, 0.25) is 0 Å². The van der Waals surface area contributed by atoms with Crippen molar-refractivity contribution in [3.05, 3.63) is 0 Å². The van der Waals surface area contributed by atoms with E-state index in [1.807, 2.05) is 0 Å². The zero-order valence-electron chi connectivity index (χ0n) is 9.29. The van der Waals surface area contributed by atoms with Crippen molar-refractivity contribution >= 4 is 0 Å². The third-order valence-electron chi connectivity index (χ3n) is 3.10. The Morgan fingerprint density at radius 2 is 1.93 bits per heavy atom. The van der Waals surface area contributed by atoms with Gasteiger partial charge in [0.1, 0.15) is 0 Å². The molecule has 0 unspecified atom stereocenters. The number of aliphatic hydroxyl groups excluding tert-OH is 1. The van der Waals surface area contributed by atoms with E-state index in [0.29, 0.717) is 25.7 Å². The van der Waals surface area contributed by atoms with Gasteiger partial charge in [-0.3, -0.25) is 0 Å². The molecule has 0 amide bonds. The molecule has 0 spiro atoms. The molecule has 1 aliphatic carbocycles. The molecule has 0 radical (unpaired) electrons. The normalized spacial score (nSPS) is 19.7. The van der Waals surface area contributed by atoms with Gasteiger partial charge in [-0.25, -0.2) is 0 Å². The van der Waals surface area contributed by atoms with Gasteiger partial charge in [-0.1, -0.05) is 13.8 Å². The van der Waals surface area contributed by atoms with Gasteiger partial charge in [0.25, 0.3) is 0 Å². The van der Waals surface area contributed by atoms with Crippen LogP contribution in [0.25, 0.3) is 0 Å². The van der Waals surface area contributed by atoms with Gasteiger partial charge in [0.05, 0.1) is 32.0 Å². The Bertz CT molecular complexity index is 153. The number of rotatable bonds is 7. The topological polar surface area (TPSA) is 38.7 Å². The van der Waals surface area contributed by atoms with Crippen LogP contribution in [0, 0.1) is 5.92 Å². The molecule has 1 saturated carbocycles. The zero-order chi connectivity index (χ0) is 10.4. The lowest BCUT2D eigenvalue weighted by atomic mass is 9.72. The lowest BCUT2D eigenvalue weighted by molar-refractivity contribution is -0.141. The molecule has 0 aromatic carbocycles. The molecular weight excluding hydrogens is 180 g/mol. The summed E-state index contributed by atoms with van der Waals surface area (Å²) in [6, 6.07) is 0. The third-order valence-corrected chi connectivity index (χ3v) is 3.10. The van der Waals surface area contributed by atoms with Crippen molar-refractivity contribution in [3.63, 3.8) is 0 Å². The van der Waals surface area contributed by atoms with Gasteiger partial charge in [0.15, 0.2) is 0 Å². The molecule has 0 aliphatic heterocycles. The molecule has 0 aromatic heterocycles. The number of hydrogen-bond acceptors (Lipinski definition) is 3. The van der Waals surface area contributed by atoms with Gasteiger partial charge in [-0.2, -0.15) is 0 Å². The Morgan fingerprint density at radius 1 is 1.21 bits per heavy atom. The predicted octanol–water partition coefficient (Wildman–Crippen LogP) is 1.59. The molecule has 3 nitrogen and oxygen atoms in total. The minimum atomic E-state index is 0.0926. The van der Waals surface area contributed by atoms with Crippen LogP contribution in [0.5, 0.6) is 0 Å². The molecule has 3 heteroatoms. The second-order valence-corrected chi connectivity index (χ2v) is 4.26. The van der Waals surface area contributed by atoms with Crippen LogP contribution in [0.4, 0.5) is 0 Å². The fourth-order valence-electron chi connectivity index (χ4n) is 1.88. The van der Waals surface area contributed by atoms with E-state index < -0.39 is 0 Å². The summed E-state index contributed by atoms with van der Waals surface area (Å²) in [6.45, 7) is 6.18. The summed E-state index contributed by atoms with van der Waals surface area (Å²) in [5.41, 5.74) is 0.128. The first-order valence-electron chi connectivity index (χ1n) is 5.54. The van der Waals surface area contributed by atoms with E-state index in [4.69, 9.17) is 14.6 Å². The van der Waals surface area contributed by atoms with Crippen LogP contribution < -0.4 is 0 Å². The van der Waals surface area contributed by atoms with Crippen molar-refractivity contribution in [1.29, 1.82) is 0 Å². The van der Waals surface area contributed by atoms with E-state index in [9.17, 15) is 0 Å². The van der Waals surface area contributed by atoms with Crippen LogP contribution in [-0.4, -0.2) is 37.1 Å². The van der Waals surface area contributed by atoms with E-state index in [1.54, 1.807) is 0 Å². The lowest BCUT2D eigenvalue weighted by Crippen LogP contribution is -2.45. The van der Waals surface area contributed by atoms with Crippen LogP contribution >= 0.6 is 0 Å². The van der Waals surface area contributed by atoms with E-state index >= 15 is 0 Å². The SMILES string of the molecule is CC(C)C1(OCCOCCO)CCC1. The van der Waals surface area contributed by atoms with Crippen molar-refractivity contribution in [2.24, 2.45) is 5.92 Å². The van der Waals surface area contributed by atoms with Crippen LogP contribution in [0.3, 0.4) is 0 Å². The molecule has 0 saturated heterocycles. The molecule has 1 aliphatic rings. The molecule has 1 fully saturated rings. The first-order chi connectivity index (χ1) is 6.71. The van der Waals surface area contributed by atoms with E-state index in [1.165, 1.54) is 19.3 Å². The molecular formula is C11H22O3. The van der Waals surface area contributed by atoms with Crippen molar-refractivity contribution in [2.75, 3.05) is 26.4 Å². The molecule has 1 rings (SSSR count). The van der Waals surface area contributed by atoms with Crippen LogP contribution in [0.2, 0.25) is 0 Å². The van der Waals surface area contributed by atoms with Crippen LogP contribution in [-0.2, 0) is 9.47 Å². The summed E-state index contributed by atoms with van der Waals surface area (Å²) in [5.74, 6) is 0.592. The third kappa shape index (κ3) is 2.94. The maximum Gasteiger partial charge on any atom is 0.0708 e. The largest absolute Gasteiger partial charge is 0.394 e. The monoisotopic (exact) mass is 202 g/mol. The lowest BCUT2D eigenvalue weighted by Gasteiger charge is -2.45. The van der Waals surface area contributed by atoms with Crippen molar-refractivity contribution in [1.82, 2.24) is 0 Å². The Labute approximate surface area is 86.4 Å². The second-order valence-electron chi connectivity index (χ2n) is 4.26. The van der Waals surface area contributed by atoms with Crippen LogP contribution in [0.15, 0.2) is 0 Å². The van der Waals surface area contributed by atoms with Gasteiger partial charge in [0, 0.05) is 0 Å². The molecule has 1 N–H and O–H groups in total. The molecule has 14 heavy (non-hydrogen) atoms. The molecule has 84 valence electrons. The Morgan fingerprint density at radius 3 is 2.36 bits per heavy atom. The summed E-state index contributed by atoms with van der Waals surface area (Å²) in [7, 11) is 0. The van der Waals surface area contributed by atoms with Crippen molar-refractivity contribution < 1.29 is 14.6 Å². The standard InChI is InChI=1S/C11H22O3/c1-10(2)11(4-3-5-11)14-9-8-13-7-6-12/h10,12H,3-9H2,1-2H3. The van der Waals surface area contributed by atoms with E-state index in [2.05, 4.69) is 13.8 Å². The molecule has 0 atom stereocenters. The fourth-order valence-corrected chi connectivity index (χ4v) is 1.88. The predicted molar refractivity (Wildman–Crippen MR) is 55.3 cm³/mol. The maximum absolute atomic E-state index is 8.51.